The van der Waals surface area contributed by atoms with Gasteiger partial charge in [0.1, 0.15) is 11.6 Å². The number of halogens is 2. The third-order valence-corrected chi connectivity index (χ3v) is 2.34. The van der Waals surface area contributed by atoms with Crippen LogP contribution in [0.4, 0.5) is 13.6 Å². The van der Waals surface area contributed by atoms with Gasteiger partial charge in [-0.2, -0.15) is 0 Å². The molecule has 0 aliphatic carbocycles. The lowest BCUT2D eigenvalue weighted by Crippen LogP contribution is -2.45. The van der Waals surface area contributed by atoms with E-state index in [2.05, 4.69) is 0 Å². The van der Waals surface area contributed by atoms with E-state index in [1.807, 2.05) is 5.32 Å². The quantitative estimate of drug-likeness (QED) is 0.621. The number of carboxylic acid groups (broad SMARTS) is 1. The van der Waals surface area contributed by atoms with Gasteiger partial charge in [-0.3, -0.25) is 0 Å². The van der Waals surface area contributed by atoms with Gasteiger partial charge in [0, 0.05) is 6.07 Å². The van der Waals surface area contributed by atoms with Crippen LogP contribution in [0.15, 0.2) is 18.2 Å². The number of benzene rings is 1. The highest BCUT2D eigenvalue weighted by Gasteiger charge is 2.21. The maximum absolute atomic E-state index is 12.9. The third-order valence-electron chi connectivity index (χ3n) is 2.34. The summed E-state index contributed by atoms with van der Waals surface area (Å²) < 4.78 is 25.9. The maximum atomic E-state index is 12.9. The number of hydrogen-bond acceptors (Lipinski definition) is 3. The molecule has 1 aromatic carbocycles. The van der Waals surface area contributed by atoms with Crippen LogP contribution in [0.2, 0.25) is 0 Å². The Bertz CT molecular complexity index is 407. The largest absolute Gasteiger partial charge is 0.465 e. The number of nitrogens with one attached hydrogen (secondary N) is 1. The summed E-state index contributed by atoms with van der Waals surface area (Å²) in [5.41, 5.74) is 0.179. The zero-order valence-corrected chi connectivity index (χ0v) is 9.31. The molecule has 0 spiro atoms. The first kappa shape index (κ1) is 14.3. The molecule has 2 atom stereocenters. The van der Waals surface area contributed by atoms with E-state index in [9.17, 15) is 18.7 Å². The molecule has 0 radical (unpaired) electrons. The van der Waals surface area contributed by atoms with E-state index in [0.29, 0.717) is 6.07 Å². The molecule has 7 heteroatoms. The van der Waals surface area contributed by atoms with Gasteiger partial charge in [0.15, 0.2) is 0 Å². The summed E-state index contributed by atoms with van der Waals surface area (Å²) in [6.45, 7) is -0.664. The molecular formula is C11H13F2NO4. The second-order valence-corrected chi connectivity index (χ2v) is 3.79. The van der Waals surface area contributed by atoms with Gasteiger partial charge in [0.05, 0.1) is 18.8 Å². The molecule has 0 aliphatic rings. The number of aliphatic hydroxyl groups excluding tert-OH is 2. The van der Waals surface area contributed by atoms with Gasteiger partial charge in [-0.15, -0.1) is 0 Å². The summed E-state index contributed by atoms with van der Waals surface area (Å²) in [7, 11) is 0. The van der Waals surface area contributed by atoms with Crippen LogP contribution >= 0.6 is 0 Å². The predicted molar refractivity (Wildman–Crippen MR) is 58.1 cm³/mol. The van der Waals surface area contributed by atoms with E-state index in [1.54, 1.807) is 0 Å². The lowest BCUT2D eigenvalue weighted by molar-refractivity contribution is 0.0622. The Morgan fingerprint density at radius 3 is 2.28 bits per heavy atom. The SMILES string of the molecule is O=C(O)N[C@@H](Cc1cc(F)cc(F)c1)[C@H](O)CO. The molecule has 5 nitrogen and oxygen atoms in total. The van der Waals surface area contributed by atoms with Gasteiger partial charge >= 0.3 is 6.09 Å². The number of carbonyl (C=O) groups is 1. The number of aliphatic hydroxyl groups is 2. The average Bonchev–Trinajstić information content (AvgIpc) is 2.25. The smallest absolute Gasteiger partial charge is 0.404 e. The monoisotopic (exact) mass is 261 g/mol. The highest BCUT2D eigenvalue weighted by atomic mass is 19.1. The minimum Gasteiger partial charge on any atom is -0.465 e. The maximum Gasteiger partial charge on any atom is 0.404 e. The standard InChI is InChI=1S/C11H13F2NO4/c12-7-1-6(2-8(13)4-7)3-9(10(16)5-15)14-11(17)18/h1-2,4,9-10,14-16H,3,5H2,(H,17,18)/t9-,10+/m0/s1. The fraction of sp³-hybridized carbons (Fsp3) is 0.364. The second kappa shape index (κ2) is 6.27. The molecule has 0 heterocycles. The summed E-state index contributed by atoms with van der Waals surface area (Å²) in [4.78, 5) is 10.5. The molecule has 0 unspecified atom stereocenters. The summed E-state index contributed by atoms with van der Waals surface area (Å²) in [5, 5.41) is 28.7. The molecule has 0 saturated carbocycles. The minimum absolute atomic E-state index is 0.136. The van der Waals surface area contributed by atoms with Gasteiger partial charge in [-0.05, 0) is 24.1 Å². The molecule has 1 rings (SSSR count). The van der Waals surface area contributed by atoms with Gasteiger partial charge in [0.2, 0.25) is 0 Å². The normalized spacial score (nSPS) is 14.0. The predicted octanol–water partition coefficient (Wildman–Crippen LogP) is 0.497. The van der Waals surface area contributed by atoms with Crippen molar-refractivity contribution in [1.29, 1.82) is 0 Å². The first-order valence-electron chi connectivity index (χ1n) is 5.15. The molecular weight excluding hydrogens is 248 g/mol. The highest BCUT2D eigenvalue weighted by molar-refractivity contribution is 5.65. The van der Waals surface area contributed by atoms with Crippen LogP contribution in [0.3, 0.4) is 0 Å². The van der Waals surface area contributed by atoms with Crippen molar-refractivity contribution in [3.8, 4) is 0 Å². The Labute approximate surface area is 102 Å². The van der Waals surface area contributed by atoms with Crippen molar-refractivity contribution in [2.24, 2.45) is 0 Å². The van der Waals surface area contributed by atoms with Gasteiger partial charge in [0.25, 0.3) is 0 Å². The Balaban J connectivity index is 2.84. The van der Waals surface area contributed by atoms with Crippen LogP contribution < -0.4 is 5.32 Å². The van der Waals surface area contributed by atoms with E-state index in [1.165, 1.54) is 0 Å². The summed E-state index contributed by atoms with van der Waals surface area (Å²) in [5.74, 6) is -1.59. The molecule has 0 fully saturated rings. The van der Waals surface area contributed by atoms with Gasteiger partial charge in [-0.25, -0.2) is 13.6 Å². The first-order valence-corrected chi connectivity index (χ1v) is 5.15. The fourth-order valence-corrected chi connectivity index (χ4v) is 1.55. The molecule has 1 amide bonds. The van der Waals surface area contributed by atoms with Crippen LogP contribution in [0.1, 0.15) is 5.56 Å². The Morgan fingerprint density at radius 1 is 1.28 bits per heavy atom. The van der Waals surface area contributed by atoms with Crippen LogP contribution in [-0.4, -0.2) is 40.2 Å². The Morgan fingerprint density at radius 2 is 1.83 bits per heavy atom. The van der Waals surface area contributed by atoms with Gasteiger partial charge in [-0.1, -0.05) is 0 Å². The van der Waals surface area contributed by atoms with Crippen LogP contribution in [0, 0.1) is 11.6 Å². The number of amides is 1. The Kier molecular flexibility index (Phi) is 4.99. The highest BCUT2D eigenvalue weighted by Crippen LogP contribution is 2.11. The zero-order chi connectivity index (χ0) is 13.7. The zero-order valence-electron chi connectivity index (χ0n) is 9.31. The van der Waals surface area contributed by atoms with E-state index in [0.717, 1.165) is 12.1 Å². The lowest BCUT2D eigenvalue weighted by atomic mass is 10.0. The molecule has 0 aliphatic heterocycles. The van der Waals surface area contributed by atoms with Crippen molar-refractivity contribution >= 4 is 6.09 Å². The number of rotatable bonds is 5. The molecule has 100 valence electrons. The van der Waals surface area contributed by atoms with Crippen molar-refractivity contribution in [3.05, 3.63) is 35.4 Å². The van der Waals surface area contributed by atoms with E-state index < -0.39 is 36.5 Å². The van der Waals surface area contributed by atoms with Crippen molar-refractivity contribution in [2.45, 2.75) is 18.6 Å². The van der Waals surface area contributed by atoms with Gasteiger partial charge < -0.3 is 20.6 Å². The van der Waals surface area contributed by atoms with E-state index in [-0.39, 0.29) is 12.0 Å². The molecule has 18 heavy (non-hydrogen) atoms. The van der Waals surface area contributed by atoms with Crippen molar-refractivity contribution < 1.29 is 28.9 Å². The third kappa shape index (κ3) is 4.27. The number of hydrogen-bond donors (Lipinski definition) is 4. The lowest BCUT2D eigenvalue weighted by Gasteiger charge is -2.21. The van der Waals surface area contributed by atoms with Crippen LogP contribution in [0.5, 0.6) is 0 Å². The topological polar surface area (TPSA) is 89.8 Å². The summed E-state index contributed by atoms with van der Waals surface area (Å²) in [6.07, 6.45) is -2.89. The van der Waals surface area contributed by atoms with Crippen molar-refractivity contribution in [3.63, 3.8) is 0 Å². The molecule has 1 aromatic rings. The van der Waals surface area contributed by atoms with Crippen LogP contribution in [-0.2, 0) is 6.42 Å². The average molecular weight is 261 g/mol. The molecule has 0 bridgehead atoms. The molecule has 4 N–H and O–H groups in total. The molecule has 0 aromatic heterocycles. The van der Waals surface area contributed by atoms with E-state index in [4.69, 9.17) is 10.2 Å². The van der Waals surface area contributed by atoms with Crippen LogP contribution in [0.25, 0.3) is 0 Å². The minimum atomic E-state index is -1.40. The Hall–Kier alpha value is -1.73. The van der Waals surface area contributed by atoms with Crippen molar-refractivity contribution in [1.82, 2.24) is 5.32 Å². The second-order valence-electron chi connectivity index (χ2n) is 3.79. The van der Waals surface area contributed by atoms with Crippen molar-refractivity contribution in [2.75, 3.05) is 6.61 Å². The molecule has 0 saturated heterocycles. The van der Waals surface area contributed by atoms with E-state index >= 15 is 0 Å². The fourth-order valence-electron chi connectivity index (χ4n) is 1.55. The summed E-state index contributed by atoms with van der Waals surface area (Å²) in [6, 6.07) is 1.70. The first-order chi connectivity index (χ1) is 8.42. The summed E-state index contributed by atoms with van der Waals surface area (Å²) >= 11 is 0.